The Labute approximate surface area is 173 Å². The summed E-state index contributed by atoms with van der Waals surface area (Å²) in [6, 6.07) is 7.42. The molecule has 0 aliphatic heterocycles. The van der Waals surface area contributed by atoms with Crippen molar-refractivity contribution in [2.75, 3.05) is 13.2 Å². The van der Waals surface area contributed by atoms with E-state index in [9.17, 15) is 8.42 Å². The van der Waals surface area contributed by atoms with E-state index in [-0.39, 0.29) is 4.90 Å². The SMILES string of the molecule is CCCCCCCCCCCCOCCCCC.O=S(=O)(O)c1ccccc1. The van der Waals surface area contributed by atoms with E-state index >= 15 is 0 Å². The molecule has 0 saturated carbocycles. The highest BCUT2D eigenvalue weighted by molar-refractivity contribution is 7.85. The van der Waals surface area contributed by atoms with E-state index < -0.39 is 10.1 Å². The second kappa shape index (κ2) is 19.4. The highest BCUT2D eigenvalue weighted by Gasteiger charge is 2.05. The summed E-state index contributed by atoms with van der Waals surface area (Å²) in [5, 5.41) is 0. The Morgan fingerprint density at radius 3 is 1.50 bits per heavy atom. The maximum absolute atomic E-state index is 10.4. The van der Waals surface area contributed by atoms with Gasteiger partial charge in [-0.3, -0.25) is 4.55 Å². The van der Waals surface area contributed by atoms with Crippen LogP contribution in [0.1, 0.15) is 97.3 Å². The predicted octanol–water partition coefficient (Wildman–Crippen LogP) is 7.05. The fraction of sp³-hybridized carbons (Fsp3) is 0.739. The first kappa shape index (κ1) is 27.1. The fourth-order valence-corrected chi connectivity index (χ4v) is 3.34. The van der Waals surface area contributed by atoms with Crippen LogP contribution in [0.5, 0.6) is 0 Å². The monoisotopic (exact) mass is 414 g/mol. The number of ether oxygens (including phenoxy) is 1. The van der Waals surface area contributed by atoms with E-state index in [2.05, 4.69) is 13.8 Å². The van der Waals surface area contributed by atoms with Crippen LogP contribution in [0.15, 0.2) is 35.2 Å². The standard InChI is InChI=1S/C17H36O.C6H6O3S/c1-3-5-7-8-9-10-11-12-13-15-17-18-16-14-6-4-2;7-10(8,9)6-4-2-1-3-5-6/h3-17H2,1-2H3;1-5H,(H,7,8,9). The van der Waals surface area contributed by atoms with Crippen molar-refractivity contribution in [2.45, 2.75) is 102 Å². The van der Waals surface area contributed by atoms with Gasteiger partial charge in [-0.2, -0.15) is 8.42 Å². The molecule has 0 aliphatic rings. The summed E-state index contributed by atoms with van der Waals surface area (Å²) in [5.41, 5.74) is 0. The Balaban J connectivity index is 0.000000609. The molecule has 1 aromatic rings. The molecule has 0 saturated heterocycles. The second-order valence-corrected chi connectivity index (χ2v) is 8.71. The summed E-state index contributed by atoms with van der Waals surface area (Å²) in [6.45, 7) is 6.48. The first-order valence-corrected chi connectivity index (χ1v) is 12.6. The molecular weight excluding hydrogens is 372 g/mol. The fourth-order valence-electron chi connectivity index (χ4n) is 2.84. The summed E-state index contributed by atoms with van der Waals surface area (Å²) in [5.74, 6) is 0. The molecule has 1 aromatic carbocycles. The minimum absolute atomic E-state index is 0.0741. The van der Waals surface area contributed by atoms with Crippen LogP contribution in [0.25, 0.3) is 0 Å². The molecule has 0 aromatic heterocycles. The summed E-state index contributed by atoms with van der Waals surface area (Å²) in [6.07, 6.45) is 17.9. The van der Waals surface area contributed by atoms with Crippen molar-refractivity contribution in [3.63, 3.8) is 0 Å². The summed E-state index contributed by atoms with van der Waals surface area (Å²) >= 11 is 0. The second-order valence-electron chi connectivity index (χ2n) is 7.29. The normalized spacial score (nSPS) is 11.1. The number of hydrogen-bond donors (Lipinski definition) is 1. The van der Waals surface area contributed by atoms with Crippen LogP contribution in [-0.2, 0) is 14.9 Å². The van der Waals surface area contributed by atoms with Crippen LogP contribution < -0.4 is 0 Å². The van der Waals surface area contributed by atoms with E-state index in [1.807, 2.05) is 0 Å². The van der Waals surface area contributed by atoms with Crippen LogP contribution >= 0.6 is 0 Å². The van der Waals surface area contributed by atoms with Crippen LogP contribution in [0.3, 0.4) is 0 Å². The summed E-state index contributed by atoms with van der Waals surface area (Å²) in [4.78, 5) is -0.0741. The largest absolute Gasteiger partial charge is 0.381 e. The van der Waals surface area contributed by atoms with E-state index in [4.69, 9.17) is 9.29 Å². The molecule has 0 spiro atoms. The van der Waals surface area contributed by atoms with Gasteiger partial charge in [-0.1, -0.05) is 103 Å². The Hall–Kier alpha value is -0.910. The topological polar surface area (TPSA) is 63.6 Å². The molecule has 0 unspecified atom stereocenters. The number of rotatable bonds is 16. The van der Waals surface area contributed by atoms with E-state index in [0.29, 0.717) is 0 Å². The van der Waals surface area contributed by atoms with Crippen LogP contribution in [0, 0.1) is 0 Å². The quantitative estimate of drug-likeness (QED) is 0.232. The van der Waals surface area contributed by atoms with Crippen LogP contribution in [0.2, 0.25) is 0 Å². The predicted molar refractivity (Wildman–Crippen MR) is 118 cm³/mol. The molecule has 4 nitrogen and oxygen atoms in total. The van der Waals surface area contributed by atoms with Gasteiger partial charge in [0.2, 0.25) is 0 Å². The van der Waals surface area contributed by atoms with Gasteiger partial charge in [0.05, 0.1) is 4.90 Å². The maximum atomic E-state index is 10.4. The average Bonchev–Trinajstić information content (AvgIpc) is 2.69. The van der Waals surface area contributed by atoms with Crippen LogP contribution in [-0.4, -0.2) is 26.2 Å². The van der Waals surface area contributed by atoms with Gasteiger partial charge in [0.15, 0.2) is 0 Å². The molecule has 1 N–H and O–H groups in total. The summed E-state index contributed by atoms with van der Waals surface area (Å²) in [7, 11) is -4.00. The van der Waals surface area contributed by atoms with Gasteiger partial charge in [-0.15, -0.1) is 0 Å². The summed E-state index contributed by atoms with van der Waals surface area (Å²) < 4.78 is 34.8. The lowest BCUT2D eigenvalue weighted by atomic mass is 10.1. The van der Waals surface area contributed by atoms with Crippen molar-refractivity contribution in [3.8, 4) is 0 Å². The van der Waals surface area contributed by atoms with Crippen molar-refractivity contribution < 1.29 is 17.7 Å². The van der Waals surface area contributed by atoms with Gasteiger partial charge >= 0.3 is 0 Å². The van der Waals surface area contributed by atoms with Gasteiger partial charge in [0.25, 0.3) is 10.1 Å². The number of benzene rings is 1. The Bertz CT molecular complexity index is 513. The molecule has 5 heteroatoms. The first-order valence-electron chi connectivity index (χ1n) is 11.1. The number of hydrogen-bond acceptors (Lipinski definition) is 3. The lowest BCUT2D eigenvalue weighted by Crippen LogP contribution is -1.96. The van der Waals surface area contributed by atoms with Gasteiger partial charge in [-0.25, -0.2) is 0 Å². The third kappa shape index (κ3) is 18.5. The van der Waals surface area contributed by atoms with Gasteiger partial charge < -0.3 is 4.74 Å². The minimum Gasteiger partial charge on any atom is -0.381 e. The molecule has 28 heavy (non-hydrogen) atoms. The van der Waals surface area contributed by atoms with E-state index in [0.717, 1.165) is 13.2 Å². The highest BCUT2D eigenvalue weighted by Crippen LogP contribution is 2.10. The molecular formula is C23H42O4S. The zero-order valence-electron chi connectivity index (χ0n) is 18.1. The van der Waals surface area contributed by atoms with Crippen molar-refractivity contribution in [3.05, 3.63) is 30.3 Å². The zero-order chi connectivity index (χ0) is 20.9. The molecule has 1 rings (SSSR count). The molecule has 0 fully saturated rings. The van der Waals surface area contributed by atoms with Gasteiger partial charge in [0, 0.05) is 13.2 Å². The number of unbranched alkanes of at least 4 members (excludes halogenated alkanes) is 11. The smallest absolute Gasteiger partial charge is 0.294 e. The van der Waals surface area contributed by atoms with Gasteiger partial charge in [-0.05, 0) is 25.0 Å². The van der Waals surface area contributed by atoms with E-state index in [1.54, 1.807) is 18.2 Å². The van der Waals surface area contributed by atoms with Crippen molar-refractivity contribution in [2.24, 2.45) is 0 Å². The molecule has 0 aliphatic carbocycles. The van der Waals surface area contributed by atoms with E-state index in [1.165, 1.54) is 95.6 Å². The van der Waals surface area contributed by atoms with Crippen molar-refractivity contribution in [1.29, 1.82) is 0 Å². The van der Waals surface area contributed by atoms with Crippen molar-refractivity contribution >= 4 is 10.1 Å². The molecule has 0 radical (unpaired) electrons. The van der Waals surface area contributed by atoms with Gasteiger partial charge in [0.1, 0.15) is 0 Å². The average molecular weight is 415 g/mol. The molecule has 0 atom stereocenters. The Morgan fingerprint density at radius 2 is 1.07 bits per heavy atom. The lowest BCUT2D eigenvalue weighted by Gasteiger charge is -2.04. The molecule has 0 amide bonds. The molecule has 164 valence electrons. The Morgan fingerprint density at radius 1 is 0.679 bits per heavy atom. The molecule has 0 heterocycles. The lowest BCUT2D eigenvalue weighted by molar-refractivity contribution is 0.126. The molecule has 0 bridgehead atoms. The maximum Gasteiger partial charge on any atom is 0.294 e. The van der Waals surface area contributed by atoms with Crippen molar-refractivity contribution in [1.82, 2.24) is 0 Å². The highest BCUT2D eigenvalue weighted by atomic mass is 32.2. The minimum atomic E-state index is -4.00. The first-order chi connectivity index (χ1) is 13.5. The van der Waals surface area contributed by atoms with Crippen LogP contribution in [0.4, 0.5) is 0 Å². The third-order valence-electron chi connectivity index (χ3n) is 4.58. The zero-order valence-corrected chi connectivity index (χ0v) is 18.9. The Kier molecular flexibility index (Phi) is 18.8. The third-order valence-corrected chi connectivity index (χ3v) is 5.44.